The van der Waals surface area contributed by atoms with Crippen molar-refractivity contribution in [2.24, 2.45) is 0 Å². The maximum Gasteiger partial charge on any atom is 0.407 e. The molecule has 128 valence electrons. The number of imidazole rings is 1. The van der Waals surface area contributed by atoms with E-state index < -0.39 is 6.09 Å². The predicted molar refractivity (Wildman–Crippen MR) is 90.8 cm³/mol. The fourth-order valence-corrected chi connectivity index (χ4v) is 3.07. The average molecular weight is 331 g/mol. The van der Waals surface area contributed by atoms with Crippen molar-refractivity contribution in [3.8, 4) is 0 Å². The number of hydrogen-bond donors (Lipinski definition) is 1. The summed E-state index contributed by atoms with van der Waals surface area (Å²) in [5, 5.41) is 9.05. The van der Waals surface area contributed by atoms with Crippen LogP contribution in [-0.4, -0.2) is 65.1 Å². The van der Waals surface area contributed by atoms with Gasteiger partial charge in [0, 0.05) is 39.4 Å². The highest BCUT2D eigenvalue weighted by Gasteiger charge is 2.22. The van der Waals surface area contributed by atoms with Gasteiger partial charge in [-0.2, -0.15) is 0 Å². The number of pyridine rings is 1. The Hall–Kier alpha value is -2.77. The standard InChI is InChI=1S/C16H21N5O3/c1-3-13-15(18(2)11-22)21-10-12(4-5-14(21)17-13)19-6-8-20(9-7-19)16(23)24/h4-5,10-11H,3,6-9H2,1-2H3,(H,23,24). The van der Waals surface area contributed by atoms with Crippen molar-refractivity contribution in [1.29, 1.82) is 0 Å². The summed E-state index contributed by atoms with van der Waals surface area (Å²) >= 11 is 0. The van der Waals surface area contributed by atoms with Crippen LogP contribution in [0.3, 0.4) is 0 Å². The number of hydrogen-bond acceptors (Lipinski definition) is 4. The van der Waals surface area contributed by atoms with Crippen molar-refractivity contribution in [3.63, 3.8) is 0 Å². The van der Waals surface area contributed by atoms with E-state index in [0.29, 0.717) is 26.2 Å². The number of carboxylic acid groups (broad SMARTS) is 1. The number of piperazine rings is 1. The minimum atomic E-state index is -0.873. The molecule has 8 nitrogen and oxygen atoms in total. The normalized spacial score (nSPS) is 14.9. The van der Waals surface area contributed by atoms with E-state index in [9.17, 15) is 9.59 Å². The van der Waals surface area contributed by atoms with Gasteiger partial charge >= 0.3 is 6.09 Å². The quantitative estimate of drug-likeness (QED) is 0.854. The molecule has 0 atom stereocenters. The highest BCUT2D eigenvalue weighted by atomic mass is 16.4. The molecule has 0 unspecified atom stereocenters. The van der Waals surface area contributed by atoms with Gasteiger partial charge in [0.2, 0.25) is 6.41 Å². The second-order valence-corrected chi connectivity index (χ2v) is 5.82. The molecule has 3 heterocycles. The first-order chi connectivity index (χ1) is 11.5. The van der Waals surface area contributed by atoms with Crippen LogP contribution in [0.1, 0.15) is 12.6 Å². The second kappa shape index (κ2) is 6.38. The van der Waals surface area contributed by atoms with E-state index in [0.717, 1.165) is 35.7 Å². The summed E-state index contributed by atoms with van der Waals surface area (Å²) in [5.41, 5.74) is 2.66. The highest BCUT2D eigenvalue weighted by Crippen LogP contribution is 2.25. The Morgan fingerprint density at radius 2 is 2.04 bits per heavy atom. The third-order valence-corrected chi connectivity index (χ3v) is 4.39. The Morgan fingerprint density at radius 3 is 2.62 bits per heavy atom. The Kier molecular flexibility index (Phi) is 4.28. The monoisotopic (exact) mass is 331 g/mol. The van der Waals surface area contributed by atoms with Crippen molar-refractivity contribution in [1.82, 2.24) is 14.3 Å². The largest absolute Gasteiger partial charge is 0.465 e. The van der Waals surface area contributed by atoms with Crippen LogP contribution in [-0.2, 0) is 11.2 Å². The van der Waals surface area contributed by atoms with E-state index in [4.69, 9.17) is 5.11 Å². The first-order valence-electron chi connectivity index (χ1n) is 7.97. The number of carbonyl (C=O) groups excluding carboxylic acids is 1. The first kappa shape index (κ1) is 16.1. The van der Waals surface area contributed by atoms with Gasteiger partial charge in [-0.05, 0) is 18.6 Å². The van der Waals surface area contributed by atoms with E-state index >= 15 is 0 Å². The summed E-state index contributed by atoms with van der Waals surface area (Å²) in [4.78, 5) is 31.9. The van der Waals surface area contributed by atoms with Crippen LogP contribution in [0.4, 0.5) is 16.3 Å². The summed E-state index contributed by atoms with van der Waals surface area (Å²) in [7, 11) is 1.72. The summed E-state index contributed by atoms with van der Waals surface area (Å²) in [6.07, 6.45) is 2.61. The van der Waals surface area contributed by atoms with Crippen molar-refractivity contribution >= 4 is 29.7 Å². The van der Waals surface area contributed by atoms with Crippen LogP contribution in [0.15, 0.2) is 18.3 Å². The molecule has 1 aliphatic heterocycles. The average Bonchev–Trinajstić information content (AvgIpc) is 2.98. The molecule has 24 heavy (non-hydrogen) atoms. The van der Waals surface area contributed by atoms with E-state index in [-0.39, 0.29) is 0 Å². The Bertz CT molecular complexity index is 764. The number of amides is 2. The molecule has 0 bridgehead atoms. The van der Waals surface area contributed by atoms with E-state index in [1.807, 2.05) is 29.7 Å². The lowest BCUT2D eigenvalue weighted by atomic mass is 10.3. The van der Waals surface area contributed by atoms with E-state index in [1.54, 1.807) is 7.05 Å². The zero-order valence-electron chi connectivity index (χ0n) is 13.8. The Labute approximate surface area is 139 Å². The minimum absolute atomic E-state index is 0.485. The van der Waals surface area contributed by atoms with Gasteiger partial charge < -0.3 is 19.8 Å². The number of aromatic nitrogens is 2. The van der Waals surface area contributed by atoms with Crippen LogP contribution in [0.2, 0.25) is 0 Å². The fourth-order valence-electron chi connectivity index (χ4n) is 3.07. The maximum atomic E-state index is 11.2. The molecule has 1 aliphatic rings. The molecule has 0 saturated carbocycles. The fraction of sp³-hybridized carbons (Fsp3) is 0.438. The zero-order valence-corrected chi connectivity index (χ0v) is 13.8. The lowest BCUT2D eigenvalue weighted by Crippen LogP contribution is -2.48. The summed E-state index contributed by atoms with van der Waals surface area (Å²) in [6, 6.07) is 3.92. The molecular formula is C16H21N5O3. The third-order valence-electron chi connectivity index (χ3n) is 4.39. The van der Waals surface area contributed by atoms with Crippen LogP contribution in [0.5, 0.6) is 0 Å². The SMILES string of the molecule is CCc1nc2ccc(N3CCN(C(=O)O)CC3)cn2c1N(C)C=O. The minimum Gasteiger partial charge on any atom is -0.465 e. The van der Waals surface area contributed by atoms with Crippen molar-refractivity contribution in [3.05, 3.63) is 24.0 Å². The number of carbonyl (C=O) groups is 2. The molecular weight excluding hydrogens is 310 g/mol. The van der Waals surface area contributed by atoms with Crippen LogP contribution in [0, 0.1) is 0 Å². The van der Waals surface area contributed by atoms with Crippen molar-refractivity contribution < 1.29 is 14.7 Å². The Balaban J connectivity index is 1.93. The van der Waals surface area contributed by atoms with Gasteiger partial charge in [-0.1, -0.05) is 6.92 Å². The number of rotatable bonds is 4. The molecule has 0 spiro atoms. The molecule has 2 aromatic rings. The topological polar surface area (TPSA) is 81.4 Å². The molecule has 2 amide bonds. The summed E-state index contributed by atoms with van der Waals surface area (Å²) in [6.45, 7) is 4.27. The van der Waals surface area contributed by atoms with Crippen LogP contribution < -0.4 is 9.80 Å². The van der Waals surface area contributed by atoms with Gasteiger partial charge in [-0.15, -0.1) is 0 Å². The predicted octanol–water partition coefficient (Wildman–Crippen LogP) is 1.29. The molecule has 8 heteroatoms. The van der Waals surface area contributed by atoms with E-state index in [1.165, 1.54) is 9.80 Å². The van der Waals surface area contributed by atoms with Gasteiger partial charge in [0.1, 0.15) is 11.5 Å². The van der Waals surface area contributed by atoms with Gasteiger partial charge in [0.05, 0.1) is 11.4 Å². The van der Waals surface area contributed by atoms with Crippen molar-refractivity contribution in [2.45, 2.75) is 13.3 Å². The molecule has 0 aliphatic carbocycles. The molecule has 1 fully saturated rings. The first-order valence-corrected chi connectivity index (χ1v) is 7.97. The summed E-state index contributed by atoms with van der Waals surface area (Å²) < 4.78 is 1.92. The molecule has 2 aromatic heterocycles. The second-order valence-electron chi connectivity index (χ2n) is 5.82. The number of nitrogens with zero attached hydrogens (tertiary/aromatic N) is 5. The summed E-state index contributed by atoms with van der Waals surface area (Å²) in [5.74, 6) is 0.772. The Morgan fingerprint density at radius 1 is 1.33 bits per heavy atom. The van der Waals surface area contributed by atoms with Gasteiger partial charge in [-0.25, -0.2) is 9.78 Å². The zero-order chi connectivity index (χ0) is 17.3. The van der Waals surface area contributed by atoms with Gasteiger partial charge in [0.15, 0.2) is 0 Å². The number of anilines is 2. The number of fused-ring (bicyclic) bond motifs is 1. The van der Waals surface area contributed by atoms with Crippen LogP contribution >= 0.6 is 0 Å². The highest BCUT2D eigenvalue weighted by molar-refractivity contribution is 5.76. The molecule has 0 aromatic carbocycles. The number of aryl methyl sites for hydroxylation is 1. The smallest absolute Gasteiger partial charge is 0.407 e. The van der Waals surface area contributed by atoms with Gasteiger partial charge in [0.25, 0.3) is 0 Å². The van der Waals surface area contributed by atoms with Crippen LogP contribution in [0.25, 0.3) is 5.65 Å². The molecule has 0 radical (unpaired) electrons. The molecule has 1 N–H and O–H groups in total. The third kappa shape index (κ3) is 2.75. The van der Waals surface area contributed by atoms with E-state index in [2.05, 4.69) is 9.88 Å². The molecule has 1 saturated heterocycles. The van der Waals surface area contributed by atoms with Gasteiger partial charge in [-0.3, -0.25) is 9.20 Å². The van der Waals surface area contributed by atoms with Crippen molar-refractivity contribution in [2.75, 3.05) is 43.0 Å². The lowest BCUT2D eigenvalue weighted by molar-refractivity contribution is -0.107. The lowest BCUT2D eigenvalue weighted by Gasteiger charge is -2.34. The molecule has 3 rings (SSSR count). The maximum absolute atomic E-state index is 11.2.